The van der Waals surface area contributed by atoms with E-state index in [9.17, 15) is 4.79 Å². The molecule has 0 saturated carbocycles. The topological polar surface area (TPSA) is 74.1 Å². The Balaban J connectivity index is 0. The van der Waals surface area contributed by atoms with E-state index < -0.39 is 0 Å². The number of hydrogen-bond acceptors (Lipinski definition) is 7. The molecule has 0 spiro atoms. The van der Waals surface area contributed by atoms with Gasteiger partial charge in [0.25, 0.3) is 0 Å². The monoisotopic (exact) mass is 992 g/mol. The third-order valence-electron chi connectivity index (χ3n) is 14.8. The number of carbonyl (C=O) groups is 1. The van der Waals surface area contributed by atoms with E-state index in [4.69, 9.17) is 10.5 Å². The molecular weight excluding hydrogens is 859 g/mol. The van der Waals surface area contributed by atoms with E-state index >= 15 is 0 Å². The molecule has 2 heterocycles. The van der Waals surface area contributed by atoms with Gasteiger partial charge in [-0.25, -0.2) is 0 Å². The largest absolute Gasteiger partial charge is 0.466 e. The van der Waals surface area contributed by atoms with Crippen LogP contribution >= 0.6 is 0 Å². The van der Waals surface area contributed by atoms with Crippen LogP contribution in [-0.2, 0) is 9.53 Å². The maximum Gasteiger partial charge on any atom is 0.305 e. The van der Waals surface area contributed by atoms with E-state index in [1.54, 1.807) is 0 Å². The molecule has 7 heteroatoms. The number of unbranched alkanes of at least 4 members (excludes halogenated alkanes) is 27. The van der Waals surface area contributed by atoms with Crippen molar-refractivity contribution < 1.29 is 9.53 Å². The minimum absolute atomic E-state index is 0.00625. The van der Waals surface area contributed by atoms with E-state index in [0.717, 1.165) is 45.6 Å². The van der Waals surface area contributed by atoms with Crippen molar-refractivity contribution in [2.45, 2.75) is 323 Å². The number of nitrogens with one attached hydrogen (secondary N) is 1. The van der Waals surface area contributed by atoms with Gasteiger partial charge in [-0.3, -0.25) is 9.69 Å². The van der Waals surface area contributed by atoms with Gasteiger partial charge in [0.05, 0.1) is 6.61 Å². The average molecular weight is 993 g/mol. The van der Waals surface area contributed by atoms with E-state index in [2.05, 4.69) is 61.9 Å². The Morgan fingerprint density at radius 2 is 0.757 bits per heavy atom. The zero-order chi connectivity index (χ0) is 51.3. The molecule has 0 bridgehead atoms. The molecule has 0 radical (unpaired) electrons. The molecule has 0 amide bonds. The van der Waals surface area contributed by atoms with Gasteiger partial charge in [-0.2, -0.15) is 0 Å². The van der Waals surface area contributed by atoms with Crippen LogP contribution in [0.15, 0.2) is 0 Å². The Morgan fingerprint density at radius 1 is 0.429 bits per heavy atom. The van der Waals surface area contributed by atoms with Crippen LogP contribution in [0.2, 0.25) is 0 Å². The Kier molecular flexibility index (Phi) is 65.6. The van der Waals surface area contributed by atoms with Crippen LogP contribution in [0.1, 0.15) is 323 Å². The number of hydrogen-bond donors (Lipinski definition) is 2. The number of nitrogens with two attached hydrogens (primary N) is 1. The first-order valence-corrected chi connectivity index (χ1v) is 32.0. The number of ether oxygens (including phenoxy) is 1. The second kappa shape index (κ2) is 64.4. The summed E-state index contributed by atoms with van der Waals surface area (Å²) in [6.45, 7) is 16.8. The molecule has 2 aliphatic rings. The van der Waals surface area contributed by atoms with Gasteiger partial charge < -0.3 is 25.6 Å². The fourth-order valence-corrected chi connectivity index (χ4v) is 9.73. The lowest BCUT2D eigenvalue weighted by atomic mass is 10.0. The van der Waals surface area contributed by atoms with Crippen molar-refractivity contribution in [3.8, 4) is 0 Å². The predicted octanol–water partition coefficient (Wildman–Crippen LogP) is 18.2. The molecule has 3 N–H and O–H groups in total. The molecule has 2 saturated heterocycles. The summed E-state index contributed by atoms with van der Waals surface area (Å²) in [5.74, 6) is 0.00625. The van der Waals surface area contributed by atoms with Crippen molar-refractivity contribution in [2.75, 3.05) is 80.2 Å². The number of likely N-dealkylation sites (N-methyl/N-ethyl adjacent to an activating group) is 1. The Morgan fingerprint density at radius 3 is 1.09 bits per heavy atom. The number of cyclic esters (lactones) is 1. The first kappa shape index (κ1) is 71.3. The molecule has 7 nitrogen and oxygen atoms in total. The summed E-state index contributed by atoms with van der Waals surface area (Å²) >= 11 is 0. The molecule has 0 aromatic carbocycles. The van der Waals surface area contributed by atoms with Gasteiger partial charge in [0.1, 0.15) is 0 Å². The lowest BCUT2D eigenvalue weighted by Gasteiger charge is -2.16. The highest BCUT2D eigenvalue weighted by atomic mass is 16.5. The van der Waals surface area contributed by atoms with Gasteiger partial charge in [-0.15, -0.1) is 0 Å². The summed E-state index contributed by atoms with van der Waals surface area (Å²) in [5, 5.41) is 3.20. The third kappa shape index (κ3) is 65.3. The second-order valence-corrected chi connectivity index (χ2v) is 22.3. The molecule has 0 aliphatic carbocycles. The summed E-state index contributed by atoms with van der Waals surface area (Å²) in [7, 11) is 6.66. The number of carbonyl (C=O) groups excluding carboxylic acids is 1. The Hall–Kier alpha value is -0.730. The van der Waals surface area contributed by atoms with Gasteiger partial charge in [0.15, 0.2) is 0 Å². The van der Waals surface area contributed by atoms with Crippen molar-refractivity contribution in [1.82, 2.24) is 20.0 Å². The van der Waals surface area contributed by atoms with Gasteiger partial charge in [-0.1, -0.05) is 271 Å². The minimum Gasteiger partial charge on any atom is -0.466 e. The van der Waals surface area contributed by atoms with Crippen molar-refractivity contribution in [1.29, 1.82) is 0 Å². The molecule has 0 aromatic rings. The quantitative estimate of drug-likeness (QED) is 0.0514. The Bertz CT molecular complexity index is 899. The number of esters is 1. The molecule has 2 aliphatic heterocycles. The van der Waals surface area contributed by atoms with E-state index in [1.807, 2.05) is 0 Å². The van der Waals surface area contributed by atoms with Crippen LogP contribution in [-0.4, -0.2) is 101 Å². The van der Waals surface area contributed by atoms with Crippen LogP contribution in [0.4, 0.5) is 0 Å². The van der Waals surface area contributed by atoms with E-state index in [-0.39, 0.29) is 5.97 Å². The SMILES string of the molecule is CCCCCCCCCCCCN.CCCCCCCCCCCCN(C)CCCCCCCCCCCC.CN1CCCCCCCCCCCCCCCOC(=O)CCCCC1.CN1CCNC1. The van der Waals surface area contributed by atoms with Crippen LogP contribution in [0.3, 0.4) is 0 Å². The highest BCUT2D eigenvalue weighted by Crippen LogP contribution is 2.16. The summed E-state index contributed by atoms with van der Waals surface area (Å²) in [5.41, 5.74) is 5.42. The van der Waals surface area contributed by atoms with Crippen LogP contribution in [0.25, 0.3) is 0 Å². The average Bonchev–Trinajstić information content (AvgIpc) is 3.85. The van der Waals surface area contributed by atoms with Crippen molar-refractivity contribution in [2.24, 2.45) is 5.73 Å². The zero-order valence-corrected chi connectivity index (χ0v) is 49.3. The fraction of sp³-hybridized carbons (Fsp3) is 0.984. The summed E-state index contributed by atoms with van der Waals surface area (Å²) in [6, 6.07) is 0. The minimum atomic E-state index is 0.00625. The van der Waals surface area contributed by atoms with Crippen molar-refractivity contribution >= 4 is 5.97 Å². The number of nitrogens with zero attached hydrogens (tertiary/aromatic N) is 3. The van der Waals surface area contributed by atoms with Gasteiger partial charge >= 0.3 is 5.97 Å². The first-order chi connectivity index (χ1) is 34.4. The maximum absolute atomic E-state index is 11.7. The van der Waals surface area contributed by atoms with Gasteiger partial charge in [0.2, 0.25) is 0 Å². The van der Waals surface area contributed by atoms with Gasteiger partial charge in [-0.05, 0) is 98.8 Å². The predicted molar refractivity (Wildman–Crippen MR) is 315 cm³/mol. The zero-order valence-electron chi connectivity index (χ0n) is 49.3. The molecule has 2 rings (SSSR count). The van der Waals surface area contributed by atoms with Crippen LogP contribution in [0, 0.1) is 0 Å². The highest BCUT2D eigenvalue weighted by Gasteiger charge is 2.05. The normalized spacial score (nSPS) is 16.9. The molecule has 0 aromatic heterocycles. The summed E-state index contributed by atoms with van der Waals surface area (Å²) in [6.07, 6.45) is 64.3. The van der Waals surface area contributed by atoms with Crippen molar-refractivity contribution in [3.63, 3.8) is 0 Å². The second-order valence-electron chi connectivity index (χ2n) is 22.3. The lowest BCUT2D eigenvalue weighted by Crippen LogP contribution is -2.20. The lowest BCUT2D eigenvalue weighted by molar-refractivity contribution is -0.143. The summed E-state index contributed by atoms with van der Waals surface area (Å²) < 4.78 is 5.34. The molecule has 2 fully saturated rings. The molecule has 70 heavy (non-hydrogen) atoms. The molecule has 0 atom stereocenters. The van der Waals surface area contributed by atoms with E-state index in [0.29, 0.717) is 13.0 Å². The maximum atomic E-state index is 11.7. The fourth-order valence-electron chi connectivity index (χ4n) is 9.73. The Labute approximate surface area is 442 Å². The highest BCUT2D eigenvalue weighted by molar-refractivity contribution is 5.69. The molecule has 0 unspecified atom stereocenters. The third-order valence-corrected chi connectivity index (χ3v) is 14.8. The van der Waals surface area contributed by atoms with Crippen LogP contribution < -0.4 is 11.1 Å². The molecule has 422 valence electrons. The smallest absolute Gasteiger partial charge is 0.305 e. The van der Waals surface area contributed by atoms with E-state index in [1.165, 1.54) is 302 Å². The van der Waals surface area contributed by atoms with Gasteiger partial charge in [0, 0.05) is 26.2 Å². The summed E-state index contributed by atoms with van der Waals surface area (Å²) in [4.78, 5) is 19.0. The van der Waals surface area contributed by atoms with Crippen molar-refractivity contribution in [3.05, 3.63) is 0 Å². The number of rotatable bonds is 32. The first-order valence-electron chi connectivity index (χ1n) is 32.0. The molecular formula is C63H133N5O2. The van der Waals surface area contributed by atoms with Crippen LogP contribution in [0.5, 0.6) is 0 Å². The standard InChI is InChI=1S/C25H53N.C22H43NO2.C12H27N.C4H10N2/c1-4-6-8-10-12-14-16-18-20-22-24-26(3)25-23-21-19-17-15-13-11-9-7-5-2;1-23-19-15-11-9-7-5-3-2-4-6-8-10-12-17-21-25-22(24)18-14-13-16-20-23;1-2-3-4-5-6-7-8-9-10-11-12-13;1-6-3-2-5-4-6/h4-25H2,1-3H3;2-21H2,1H3;2-13H2,1H3;5H,2-4H2,1H3.